The van der Waals surface area contributed by atoms with Crippen LogP contribution in [0.15, 0.2) is 0 Å². The Morgan fingerprint density at radius 2 is 1.76 bits per heavy atom. The Morgan fingerprint density at radius 3 is 2.44 bits per heavy atom. The van der Waals surface area contributed by atoms with Gasteiger partial charge in [0.25, 0.3) is 0 Å². The van der Waals surface area contributed by atoms with E-state index in [9.17, 15) is 19.8 Å². The Hall–Kier alpha value is -1.14. The van der Waals surface area contributed by atoms with Crippen LogP contribution in [0.3, 0.4) is 0 Å². The van der Waals surface area contributed by atoms with Gasteiger partial charge in [0.1, 0.15) is 6.10 Å². The second-order valence-electron chi connectivity index (χ2n) is 12.6. The van der Waals surface area contributed by atoms with Crippen molar-refractivity contribution in [3.05, 3.63) is 0 Å². The molecule has 194 valence electrons. The molecule has 0 amide bonds. The molecule has 4 rings (SSSR count). The van der Waals surface area contributed by atoms with Gasteiger partial charge >= 0.3 is 11.9 Å². The normalized spacial score (nSPS) is 46.6. The number of carboxylic acid groups (broad SMARTS) is 1. The SMILES string of the molecule is CCCC(=O)O[C@@H]1CC[C@@]2(C)[C@@H](C1)C[C@@H](O)[C@@H]1[C@@H]2C[C@H](O)[C@]2(C)[C@@H]([C@H](C)CCC(=O)O)CC[C@@H]12. The smallest absolute Gasteiger partial charge is 0.306 e. The predicted octanol–water partition coefficient (Wildman–Crippen LogP) is 4.80. The number of aliphatic hydroxyl groups is 2. The molecule has 4 saturated carbocycles. The third-order valence-electron chi connectivity index (χ3n) is 11.1. The largest absolute Gasteiger partial charge is 0.481 e. The number of fused-ring (bicyclic) bond motifs is 5. The molecule has 0 aromatic heterocycles. The highest BCUT2D eigenvalue weighted by Crippen LogP contribution is 2.68. The first-order valence-corrected chi connectivity index (χ1v) is 13.8. The van der Waals surface area contributed by atoms with E-state index in [1.807, 2.05) is 6.92 Å². The van der Waals surface area contributed by atoms with Gasteiger partial charge < -0.3 is 20.1 Å². The molecule has 0 radical (unpaired) electrons. The van der Waals surface area contributed by atoms with Gasteiger partial charge in [-0.15, -0.1) is 0 Å². The lowest BCUT2D eigenvalue weighted by molar-refractivity contribution is -0.209. The number of esters is 1. The van der Waals surface area contributed by atoms with Gasteiger partial charge in [0.2, 0.25) is 0 Å². The number of hydrogen-bond donors (Lipinski definition) is 3. The molecule has 0 unspecified atom stereocenters. The molecule has 4 fully saturated rings. The van der Waals surface area contributed by atoms with E-state index in [-0.39, 0.29) is 53.0 Å². The maximum atomic E-state index is 12.1. The lowest BCUT2D eigenvalue weighted by atomic mass is 9.43. The highest BCUT2D eigenvalue weighted by Gasteiger charge is 2.65. The van der Waals surface area contributed by atoms with Crippen LogP contribution in [0, 0.1) is 46.3 Å². The van der Waals surface area contributed by atoms with E-state index in [1.165, 1.54) is 0 Å². The fraction of sp³-hybridized carbons (Fsp3) is 0.929. The summed E-state index contributed by atoms with van der Waals surface area (Å²) in [6.07, 6.45) is 7.34. The molecule has 0 saturated heterocycles. The van der Waals surface area contributed by atoms with Crippen LogP contribution in [-0.4, -0.2) is 45.6 Å². The minimum absolute atomic E-state index is 0.0485. The van der Waals surface area contributed by atoms with Gasteiger partial charge in [-0.2, -0.15) is 0 Å². The fourth-order valence-electron chi connectivity index (χ4n) is 9.22. The summed E-state index contributed by atoms with van der Waals surface area (Å²) < 4.78 is 5.77. The zero-order valence-electron chi connectivity index (χ0n) is 21.5. The average molecular weight is 479 g/mol. The summed E-state index contributed by atoms with van der Waals surface area (Å²) in [7, 11) is 0. The van der Waals surface area contributed by atoms with Gasteiger partial charge in [-0.1, -0.05) is 27.7 Å². The van der Waals surface area contributed by atoms with Crippen molar-refractivity contribution in [3.63, 3.8) is 0 Å². The van der Waals surface area contributed by atoms with Crippen LogP contribution in [0.2, 0.25) is 0 Å². The first-order chi connectivity index (χ1) is 16.0. The highest BCUT2D eigenvalue weighted by molar-refractivity contribution is 5.69. The molecule has 4 aliphatic rings. The summed E-state index contributed by atoms with van der Waals surface area (Å²) >= 11 is 0. The van der Waals surface area contributed by atoms with Gasteiger partial charge in [-0.05, 0) is 104 Å². The zero-order chi connectivity index (χ0) is 24.8. The van der Waals surface area contributed by atoms with Crippen molar-refractivity contribution >= 4 is 11.9 Å². The first-order valence-electron chi connectivity index (χ1n) is 13.8. The number of ether oxygens (including phenoxy) is 1. The van der Waals surface area contributed by atoms with Gasteiger partial charge in [0, 0.05) is 12.8 Å². The second-order valence-corrected chi connectivity index (χ2v) is 12.6. The third kappa shape index (κ3) is 4.31. The summed E-state index contributed by atoms with van der Waals surface area (Å²) in [5, 5.41) is 32.3. The number of carbonyl (C=O) groups is 2. The molecule has 0 aromatic carbocycles. The molecule has 4 aliphatic carbocycles. The van der Waals surface area contributed by atoms with Crippen LogP contribution < -0.4 is 0 Å². The molecule has 0 aromatic rings. The van der Waals surface area contributed by atoms with Crippen molar-refractivity contribution in [2.45, 2.75) is 117 Å². The van der Waals surface area contributed by atoms with Crippen LogP contribution in [0.4, 0.5) is 0 Å². The number of aliphatic hydroxyl groups excluding tert-OH is 2. The Balaban J connectivity index is 1.52. The van der Waals surface area contributed by atoms with Crippen molar-refractivity contribution in [1.29, 1.82) is 0 Å². The van der Waals surface area contributed by atoms with E-state index in [2.05, 4.69) is 20.8 Å². The maximum absolute atomic E-state index is 12.1. The van der Waals surface area contributed by atoms with Gasteiger partial charge in [-0.3, -0.25) is 9.59 Å². The third-order valence-corrected chi connectivity index (χ3v) is 11.1. The van der Waals surface area contributed by atoms with Crippen LogP contribution in [-0.2, 0) is 14.3 Å². The van der Waals surface area contributed by atoms with E-state index in [4.69, 9.17) is 9.84 Å². The Bertz CT molecular complexity index is 768. The van der Waals surface area contributed by atoms with E-state index >= 15 is 0 Å². The van der Waals surface area contributed by atoms with E-state index in [0.717, 1.165) is 44.9 Å². The van der Waals surface area contributed by atoms with Crippen molar-refractivity contribution < 1.29 is 29.6 Å². The zero-order valence-corrected chi connectivity index (χ0v) is 21.5. The molecule has 0 aliphatic heterocycles. The molecule has 11 atom stereocenters. The summed E-state index contributed by atoms with van der Waals surface area (Å²) in [4.78, 5) is 23.2. The molecule has 3 N–H and O–H groups in total. The van der Waals surface area contributed by atoms with E-state index in [1.54, 1.807) is 0 Å². The number of carboxylic acids is 1. The summed E-state index contributed by atoms with van der Waals surface area (Å²) in [5.41, 5.74) is -0.219. The lowest BCUT2D eigenvalue weighted by Gasteiger charge is -2.63. The number of carbonyl (C=O) groups excluding carboxylic acids is 1. The van der Waals surface area contributed by atoms with Gasteiger partial charge in [0.15, 0.2) is 0 Å². The summed E-state index contributed by atoms with van der Waals surface area (Å²) in [6, 6.07) is 0. The second kappa shape index (κ2) is 9.72. The molecule has 0 bridgehead atoms. The van der Waals surface area contributed by atoms with Crippen molar-refractivity contribution in [1.82, 2.24) is 0 Å². The number of hydrogen-bond acceptors (Lipinski definition) is 5. The minimum Gasteiger partial charge on any atom is -0.481 e. The Kier molecular flexibility index (Phi) is 7.42. The quantitative estimate of drug-likeness (QED) is 0.454. The highest BCUT2D eigenvalue weighted by atomic mass is 16.5. The van der Waals surface area contributed by atoms with Crippen LogP contribution >= 0.6 is 0 Å². The molecule has 0 spiro atoms. The molecule has 0 heterocycles. The molecule has 6 nitrogen and oxygen atoms in total. The van der Waals surface area contributed by atoms with E-state index in [0.29, 0.717) is 31.1 Å². The lowest BCUT2D eigenvalue weighted by Crippen LogP contribution is -2.62. The van der Waals surface area contributed by atoms with Gasteiger partial charge in [0.05, 0.1) is 12.2 Å². The first kappa shape index (κ1) is 25.9. The number of rotatable bonds is 7. The van der Waals surface area contributed by atoms with Crippen LogP contribution in [0.1, 0.15) is 98.3 Å². The predicted molar refractivity (Wildman–Crippen MR) is 129 cm³/mol. The molecular weight excluding hydrogens is 432 g/mol. The van der Waals surface area contributed by atoms with Gasteiger partial charge in [-0.25, -0.2) is 0 Å². The maximum Gasteiger partial charge on any atom is 0.306 e. The Morgan fingerprint density at radius 1 is 1.03 bits per heavy atom. The summed E-state index contributed by atoms with van der Waals surface area (Å²) in [5.74, 6) is 0.706. The fourth-order valence-corrected chi connectivity index (χ4v) is 9.22. The topological polar surface area (TPSA) is 104 Å². The van der Waals surface area contributed by atoms with Crippen molar-refractivity contribution in [2.75, 3.05) is 0 Å². The van der Waals surface area contributed by atoms with Crippen LogP contribution in [0.25, 0.3) is 0 Å². The van der Waals surface area contributed by atoms with E-state index < -0.39 is 18.2 Å². The average Bonchev–Trinajstić information content (AvgIpc) is 3.12. The standard InChI is InChI=1S/C28H46O6/c1-5-6-25(33)34-18-11-12-27(3)17(13-18)14-22(29)26-20-9-8-19(16(2)7-10-24(31)32)28(20,4)23(30)15-21(26)27/h16-23,26,29-30H,5-15H2,1-4H3,(H,31,32)/t16-,17+,18-,19-,20+,21+,22-,23+,26+,27+,28-/m1/s1. The van der Waals surface area contributed by atoms with Crippen LogP contribution in [0.5, 0.6) is 0 Å². The van der Waals surface area contributed by atoms with Crippen molar-refractivity contribution in [2.24, 2.45) is 46.3 Å². The molecular formula is C28H46O6. The molecule has 34 heavy (non-hydrogen) atoms. The molecule has 6 heteroatoms. The Labute approximate surface area is 204 Å². The minimum atomic E-state index is -0.756. The summed E-state index contributed by atoms with van der Waals surface area (Å²) in [6.45, 7) is 8.72. The monoisotopic (exact) mass is 478 g/mol. The number of aliphatic carboxylic acids is 1. The van der Waals surface area contributed by atoms with Crippen molar-refractivity contribution in [3.8, 4) is 0 Å².